The summed E-state index contributed by atoms with van der Waals surface area (Å²) < 4.78 is 0. The molecule has 1 fully saturated rings. The molecule has 0 unspecified atom stereocenters. The van der Waals surface area contributed by atoms with Crippen molar-refractivity contribution < 1.29 is 9.90 Å². The highest BCUT2D eigenvalue weighted by Crippen LogP contribution is 2.41. The van der Waals surface area contributed by atoms with Crippen LogP contribution in [0.5, 0.6) is 0 Å². The SMILES string of the molecule is O=C(O)Cc1ccccc1C1CC1. The maximum absolute atomic E-state index is 10.6. The first-order valence-corrected chi connectivity index (χ1v) is 4.57. The number of carbonyl (C=O) groups is 1. The van der Waals surface area contributed by atoms with E-state index in [1.165, 1.54) is 18.4 Å². The fourth-order valence-corrected chi connectivity index (χ4v) is 1.65. The second kappa shape index (κ2) is 3.21. The van der Waals surface area contributed by atoms with Crippen LogP contribution in [0.3, 0.4) is 0 Å². The summed E-state index contributed by atoms with van der Waals surface area (Å²) >= 11 is 0. The lowest BCUT2D eigenvalue weighted by Gasteiger charge is -2.04. The molecule has 0 radical (unpaired) electrons. The van der Waals surface area contributed by atoms with Crippen LogP contribution in [0.25, 0.3) is 0 Å². The van der Waals surface area contributed by atoms with Gasteiger partial charge < -0.3 is 5.11 Å². The zero-order valence-corrected chi connectivity index (χ0v) is 7.36. The molecule has 2 nitrogen and oxygen atoms in total. The molecule has 0 amide bonds. The Morgan fingerprint density at radius 2 is 2.08 bits per heavy atom. The van der Waals surface area contributed by atoms with Crippen LogP contribution in [0, 0.1) is 0 Å². The summed E-state index contributed by atoms with van der Waals surface area (Å²) in [7, 11) is 0. The molecule has 1 N–H and O–H groups in total. The first-order chi connectivity index (χ1) is 6.27. The molecule has 2 heteroatoms. The molecule has 0 saturated heterocycles. The van der Waals surface area contributed by atoms with E-state index in [9.17, 15) is 4.79 Å². The zero-order chi connectivity index (χ0) is 9.26. The first kappa shape index (κ1) is 8.30. The van der Waals surface area contributed by atoms with Crippen LogP contribution in [0.2, 0.25) is 0 Å². The van der Waals surface area contributed by atoms with Crippen molar-refractivity contribution in [3.63, 3.8) is 0 Å². The fraction of sp³-hybridized carbons (Fsp3) is 0.364. The van der Waals surface area contributed by atoms with Gasteiger partial charge in [-0.2, -0.15) is 0 Å². The molecule has 0 aromatic heterocycles. The Bertz CT molecular complexity index is 327. The maximum Gasteiger partial charge on any atom is 0.307 e. The van der Waals surface area contributed by atoms with Crippen molar-refractivity contribution in [3.8, 4) is 0 Å². The van der Waals surface area contributed by atoms with E-state index in [1.807, 2.05) is 18.2 Å². The van der Waals surface area contributed by atoms with Crippen LogP contribution < -0.4 is 0 Å². The summed E-state index contributed by atoms with van der Waals surface area (Å²) in [4.78, 5) is 10.6. The van der Waals surface area contributed by atoms with E-state index in [1.54, 1.807) is 0 Å². The second-order valence-corrected chi connectivity index (χ2v) is 3.54. The fourth-order valence-electron chi connectivity index (χ4n) is 1.65. The number of hydrogen-bond acceptors (Lipinski definition) is 1. The van der Waals surface area contributed by atoms with Crippen LogP contribution in [-0.2, 0) is 11.2 Å². The van der Waals surface area contributed by atoms with Gasteiger partial charge >= 0.3 is 5.97 Å². The summed E-state index contributed by atoms with van der Waals surface area (Å²) in [5.74, 6) is -0.108. The molecule has 0 bridgehead atoms. The molecule has 1 saturated carbocycles. The Labute approximate surface area is 77.2 Å². The molecule has 68 valence electrons. The number of aliphatic carboxylic acids is 1. The summed E-state index contributed by atoms with van der Waals surface area (Å²) in [6, 6.07) is 7.86. The first-order valence-electron chi connectivity index (χ1n) is 4.57. The second-order valence-electron chi connectivity index (χ2n) is 3.54. The topological polar surface area (TPSA) is 37.3 Å². The minimum Gasteiger partial charge on any atom is -0.481 e. The van der Waals surface area contributed by atoms with Crippen LogP contribution in [0.4, 0.5) is 0 Å². The van der Waals surface area contributed by atoms with Crippen LogP contribution in [-0.4, -0.2) is 11.1 Å². The van der Waals surface area contributed by atoms with Crippen molar-refractivity contribution in [3.05, 3.63) is 35.4 Å². The van der Waals surface area contributed by atoms with E-state index in [4.69, 9.17) is 5.11 Å². The van der Waals surface area contributed by atoms with Crippen molar-refractivity contribution in [1.29, 1.82) is 0 Å². The number of benzene rings is 1. The Morgan fingerprint density at radius 1 is 1.38 bits per heavy atom. The van der Waals surface area contributed by atoms with Crippen molar-refractivity contribution in [1.82, 2.24) is 0 Å². The molecule has 0 heterocycles. The van der Waals surface area contributed by atoms with Crippen LogP contribution in [0.1, 0.15) is 29.9 Å². The van der Waals surface area contributed by atoms with E-state index < -0.39 is 5.97 Å². The molecule has 1 aliphatic rings. The largest absolute Gasteiger partial charge is 0.481 e. The molecule has 0 spiro atoms. The zero-order valence-electron chi connectivity index (χ0n) is 7.36. The Balaban J connectivity index is 2.26. The molecule has 1 aliphatic carbocycles. The van der Waals surface area contributed by atoms with Crippen LogP contribution >= 0.6 is 0 Å². The molecule has 13 heavy (non-hydrogen) atoms. The third-order valence-corrected chi connectivity index (χ3v) is 2.41. The van der Waals surface area contributed by atoms with Gasteiger partial charge in [0, 0.05) is 0 Å². The van der Waals surface area contributed by atoms with Gasteiger partial charge in [-0.25, -0.2) is 0 Å². The number of carboxylic acid groups (broad SMARTS) is 1. The standard InChI is InChI=1S/C11H12O2/c12-11(13)7-9-3-1-2-4-10(9)8-5-6-8/h1-4,8H,5-7H2,(H,12,13). The van der Waals surface area contributed by atoms with Crippen molar-refractivity contribution in [2.75, 3.05) is 0 Å². The van der Waals surface area contributed by atoms with Gasteiger partial charge in [-0.1, -0.05) is 24.3 Å². The monoisotopic (exact) mass is 176 g/mol. The van der Waals surface area contributed by atoms with Gasteiger partial charge in [0.05, 0.1) is 6.42 Å². The quantitative estimate of drug-likeness (QED) is 0.766. The third-order valence-electron chi connectivity index (χ3n) is 2.41. The predicted molar refractivity (Wildman–Crippen MR) is 49.8 cm³/mol. The van der Waals surface area contributed by atoms with Crippen LogP contribution in [0.15, 0.2) is 24.3 Å². The van der Waals surface area contributed by atoms with Gasteiger partial charge in [-0.15, -0.1) is 0 Å². The van der Waals surface area contributed by atoms with E-state index in [-0.39, 0.29) is 6.42 Å². The molecule has 1 aromatic rings. The highest BCUT2D eigenvalue weighted by Gasteiger charge is 2.25. The average molecular weight is 176 g/mol. The summed E-state index contributed by atoms with van der Waals surface area (Å²) in [5.41, 5.74) is 2.22. The lowest BCUT2D eigenvalue weighted by molar-refractivity contribution is -0.136. The minimum atomic E-state index is -0.742. The van der Waals surface area contributed by atoms with Gasteiger partial charge in [0.25, 0.3) is 0 Å². The molecular formula is C11H12O2. The summed E-state index contributed by atoms with van der Waals surface area (Å²) in [5, 5.41) is 8.69. The maximum atomic E-state index is 10.6. The van der Waals surface area contributed by atoms with Crippen molar-refractivity contribution >= 4 is 5.97 Å². The van der Waals surface area contributed by atoms with E-state index in [2.05, 4.69) is 6.07 Å². The smallest absolute Gasteiger partial charge is 0.307 e. The molecule has 0 atom stereocenters. The Kier molecular flexibility index (Phi) is 2.05. The van der Waals surface area contributed by atoms with E-state index in [0.29, 0.717) is 5.92 Å². The van der Waals surface area contributed by atoms with Crippen molar-refractivity contribution in [2.24, 2.45) is 0 Å². The average Bonchev–Trinajstić information content (AvgIpc) is 2.87. The predicted octanol–water partition coefficient (Wildman–Crippen LogP) is 2.19. The molecular weight excluding hydrogens is 164 g/mol. The molecule has 2 rings (SSSR count). The van der Waals surface area contributed by atoms with E-state index >= 15 is 0 Å². The van der Waals surface area contributed by atoms with Gasteiger partial charge in [0.2, 0.25) is 0 Å². The van der Waals surface area contributed by atoms with Gasteiger partial charge in [0.15, 0.2) is 0 Å². The third kappa shape index (κ3) is 1.89. The highest BCUT2D eigenvalue weighted by molar-refractivity contribution is 5.70. The summed E-state index contributed by atoms with van der Waals surface area (Å²) in [6.45, 7) is 0. The lowest BCUT2D eigenvalue weighted by atomic mass is 10.0. The Hall–Kier alpha value is -1.31. The van der Waals surface area contributed by atoms with Gasteiger partial charge in [-0.3, -0.25) is 4.79 Å². The van der Waals surface area contributed by atoms with Crippen molar-refractivity contribution in [2.45, 2.75) is 25.2 Å². The highest BCUT2D eigenvalue weighted by atomic mass is 16.4. The Morgan fingerprint density at radius 3 is 2.69 bits per heavy atom. The van der Waals surface area contributed by atoms with Gasteiger partial charge in [-0.05, 0) is 29.9 Å². The molecule has 0 aliphatic heterocycles. The van der Waals surface area contributed by atoms with E-state index in [0.717, 1.165) is 5.56 Å². The minimum absolute atomic E-state index is 0.159. The number of carboxylic acids is 1. The number of hydrogen-bond donors (Lipinski definition) is 1. The summed E-state index contributed by atoms with van der Waals surface area (Å²) in [6.07, 6.45) is 2.60. The normalized spacial score (nSPS) is 15.7. The molecule has 1 aromatic carbocycles. The van der Waals surface area contributed by atoms with Gasteiger partial charge in [0.1, 0.15) is 0 Å². The lowest BCUT2D eigenvalue weighted by Crippen LogP contribution is -2.02. The number of rotatable bonds is 3.